The van der Waals surface area contributed by atoms with Gasteiger partial charge >= 0.3 is 0 Å². The standard InChI is InChI=1S/C9H18N2O2S/c1-7(4-10)5-14(13)6-9(12)11-8-2-3-8/h7-8H,2-6,10H2,1H3,(H,11,12). The minimum absolute atomic E-state index is 0.0879. The van der Waals surface area contributed by atoms with E-state index in [4.69, 9.17) is 5.73 Å². The first-order valence-corrected chi connectivity index (χ1v) is 6.45. The van der Waals surface area contributed by atoms with Crippen LogP contribution in [-0.2, 0) is 15.6 Å². The highest BCUT2D eigenvalue weighted by Gasteiger charge is 2.23. The van der Waals surface area contributed by atoms with Crippen molar-refractivity contribution in [1.29, 1.82) is 0 Å². The van der Waals surface area contributed by atoms with Gasteiger partial charge in [0.2, 0.25) is 5.91 Å². The molecule has 0 aromatic heterocycles. The highest BCUT2D eigenvalue weighted by atomic mass is 32.2. The van der Waals surface area contributed by atoms with Crippen LogP contribution in [-0.4, -0.2) is 34.2 Å². The van der Waals surface area contributed by atoms with Gasteiger partial charge in [0.15, 0.2) is 0 Å². The molecule has 1 amide bonds. The molecule has 0 spiro atoms. The lowest BCUT2D eigenvalue weighted by molar-refractivity contribution is -0.118. The summed E-state index contributed by atoms with van der Waals surface area (Å²) in [5.74, 6) is 0.787. The molecule has 0 bridgehead atoms. The van der Waals surface area contributed by atoms with Crippen LogP contribution in [0.25, 0.3) is 0 Å². The zero-order chi connectivity index (χ0) is 10.6. The molecule has 1 fully saturated rings. The highest BCUT2D eigenvalue weighted by Crippen LogP contribution is 2.18. The van der Waals surface area contributed by atoms with E-state index in [1.54, 1.807) is 0 Å². The number of nitrogens with two attached hydrogens (primary N) is 1. The van der Waals surface area contributed by atoms with E-state index in [1.165, 1.54) is 0 Å². The van der Waals surface area contributed by atoms with Gasteiger partial charge in [0.05, 0.1) is 0 Å². The number of hydrogen-bond donors (Lipinski definition) is 2. The molecule has 1 saturated carbocycles. The minimum atomic E-state index is -1.06. The molecule has 0 aromatic rings. The van der Waals surface area contributed by atoms with E-state index >= 15 is 0 Å². The second kappa shape index (κ2) is 5.46. The molecule has 5 heteroatoms. The van der Waals surface area contributed by atoms with Crippen LogP contribution in [0.4, 0.5) is 0 Å². The average Bonchev–Trinajstić information content (AvgIpc) is 2.87. The molecule has 2 atom stereocenters. The van der Waals surface area contributed by atoms with Gasteiger partial charge in [-0.3, -0.25) is 9.00 Å². The van der Waals surface area contributed by atoms with Crippen LogP contribution in [0.2, 0.25) is 0 Å². The lowest BCUT2D eigenvalue weighted by atomic mass is 10.2. The van der Waals surface area contributed by atoms with Crippen molar-refractivity contribution in [2.75, 3.05) is 18.1 Å². The zero-order valence-corrected chi connectivity index (χ0v) is 9.31. The molecule has 82 valence electrons. The van der Waals surface area contributed by atoms with Crippen molar-refractivity contribution < 1.29 is 9.00 Å². The van der Waals surface area contributed by atoms with E-state index in [1.807, 2.05) is 6.92 Å². The van der Waals surface area contributed by atoms with Crippen LogP contribution in [0.15, 0.2) is 0 Å². The number of carbonyl (C=O) groups excluding carboxylic acids is 1. The Morgan fingerprint density at radius 2 is 2.29 bits per heavy atom. The first kappa shape index (κ1) is 11.7. The van der Waals surface area contributed by atoms with Crippen molar-refractivity contribution in [3.63, 3.8) is 0 Å². The summed E-state index contributed by atoms with van der Waals surface area (Å²) in [6.07, 6.45) is 2.13. The minimum Gasteiger partial charge on any atom is -0.353 e. The van der Waals surface area contributed by atoms with Gasteiger partial charge in [0.1, 0.15) is 5.75 Å². The van der Waals surface area contributed by atoms with Crippen LogP contribution in [0, 0.1) is 5.92 Å². The van der Waals surface area contributed by atoms with E-state index in [0.29, 0.717) is 18.3 Å². The Bertz CT molecular complexity index is 229. The van der Waals surface area contributed by atoms with Crippen LogP contribution in [0.5, 0.6) is 0 Å². The van der Waals surface area contributed by atoms with Gasteiger partial charge in [-0.15, -0.1) is 0 Å². The van der Waals surface area contributed by atoms with E-state index < -0.39 is 10.8 Å². The predicted molar refractivity (Wildman–Crippen MR) is 57.3 cm³/mol. The highest BCUT2D eigenvalue weighted by molar-refractivity contribution is 7.85. The second-order valence-electron chi connectivity index (χ2n) is 3.93. The van der Waals surface area contributed by atoms with Gasteiger partial charge in [0.25, 0.3) is 0 Å². The molecule has 0 aromatic carbocycles. The van der Waals surface area contributed by atoms with Gasteiger partial charge in [-0.05, 0) is 25.3 Å². The second-order valence-corrected chi connectivity index (χ2v) is 5.44. The third-order valence-corrected chi connectivity index (χ3v) is 3.63. The Hall–Kier alpha value is -0.420. The van der Waals surface area contributed by atoms with Gasteiger partial charge in [-0.2, -0.15) is 0 Å². The first-order chi connectivity index (χ1) is 6.61. The van der Waals surface area contributed by atoms with Crippen LogP contribution < -0.4 is 11.1 Å². The third-order valence-electron chi connectivity index (χ3n) is 2.11. The Labute approximate surface area is 87.1 Å². The molecule has 2 unspecified atom stereocenters. The Kier molecular flexibility index (Phi) is 4.54. The van der Waals surface area contributed by atoms with Crippen LogP contribution in [0.3, 0.4) is 0 Å². The predicted octanol–water partition coefficient (Wildman–Crippen LogP) is -0.391. The Morgan fingerprint density at radius 3 is 2.79 bits per heavy atom. The lowest BCUT2D eigenvalue weighted by Gasteiger charge is -2.07. The topological polar surface area (TPSA) is 72.2 Å². The molecule has 0 heterocycles. The molecule has 0 saturated heterocycles. The molecule has 1 rings (SSSR count). The number of amides is 1. The smallest absolute Gasteiger partial charge is 0.232 e. The number of nitrogens with one attached hydrogen (secondary N) is 1. The fourth-order valence-corrected chi connectivity index (χ4v) is 2.35. The van der Waals surface area contributed by atoms with Crippen LogP contribution >= 0.6 is 0 Å². The zero-order valence-electron chi connectivity index (χ0n) is 8.49. The summed E-state index contributed by atoms with van der Waals surface area (Å²) in [5.41, 5.74) is 5.41. The summed E-state index contributed by atoms with van der Waals surface area (Å²) in [5, 5.41) is 2.81. The Morgan fingerprint density at radius 1 is 1.64 bits per heavy atom. The normalized spacial score (nSPS) is 20.1. The Balaban J connectivity index is 2.14. The molecule has 0 aliphatic heterocycles. The maximum absolute atomic E-state index is 11.4. The molecular weight excluding hydrogens is 200 g/mol. The summed E-state index contributed by atoms with van der Waals surface area (Å²) in [4.78, 5) is 11.2. The van der Waals surface area contributed by atoms with E-state index in [9.17, 15) is 9.00 Å². The summed E-state index contributed by atoms with van der Waals surface area (Å²) in [6, 6.07) is 0.353. The van der Waals surface area contributed by atoms with E-state index in [2.05, 4.69) is 5.32 Å². The summed E-state index contributed by atoms with van der Waals surface area (Å²) in [7, 11) is -1.06. The molecule has 3 N–H and O–H groups in total. The van der Waals surface area contributed by atoms with Gasteiger partial charge in [-0.25, -0.2) is 0 Å². The van der Waals surface area contributed by atoms with Crippen molar-refractivity contribution in [2.45, 2.75) is 25.8 Å². The summed E-state index contributed by atoms with van der Waals surface area (Å²) in [6.45, 7) is 2.46. The lowest BCUT2D eigenvalue weighted by Crippen LogP contribution is -2.31. The summed E-state index contributed by atoms with van der Waals surface area (Å²) < 4.78 is 11.4. The fourth-order valence-electron chi connectivity index (χ4n) is 1.09. The van der Waals surface area contributed by atoms with Crippen molar-refractivity contribution in [1.82, 2.24) is 5.32 Å². The van der Waals surface area contributed by atoms with Gasteiger partial charge < -0.3 is 11.1 Å². The number of carbonyl (C=O) groups is 1. The molecule has 14 heavy (non-hydrogen) atoms. The van der Waals surface area contributed by atoms with Crippen LogP contribution in [0.1, 0.15) is 19.8 Å². The maximum Gasteiger partial charge on any atom is 0.232 e. The fraction of sp³-hybridized carbons (Fsp3) is 0.889. The van der Waals surface area contributed by atoms with Gasteiger partial charge in [-0.1, -0.05) is 6.92 Å². The average molecular weight is 218 g/mol. The quantitative estimate of drug-likeness (QED) is 0.637. The molecule has 1 aliphatic rings. The monoisotopic (exact) mass is 218 g/mol. The van der Waals surface area contributed by atoms with Crippen molar-refractivity contribution in [3.05, 3.63) is 0 Å². The number of rotatable bonds is 6. The third kappa shape index (κ3) is 4.72. The van der Waals surface area contributed by atoms with E-state index in [-0.39, 0.29) is 17.6 Å². The SMILES string of the molecule is CC(CN)CS(=O)CC(=O)NC1CC1. The number of hydrogen-bond acceptors (Lipinski definition) is 3. The largest absolute Gasteiger partial charge is 0.353 e. The molecular formula is C9H18N2O2S. The van der Waals surface area contributed by atoms with E-state index in [0.717, 1.165) is 12.8 Å². The molecule has 1 aliphatic carbocycles. The molecule has 0 radical (unpaired) electrons. The van der Waals surface area contributed by atoms with Crippen molar-refractivity contribution >= 4 is 16.7 Å². The maximum atomic E-state index is 11.4. The van der Waals surface area contributed by atoms with Gasteiger partial charge in [0, 0.05) is 22.6 Å². The molecule has 4 nitrogen and oxygen atoms in total. The first-order valence-electron chi connectivity index (χ1n) is 4.96. The van der Waals surface area contributed by atoms with Crippen molar-refractivity contribution in [2.24, 2.45) is 11.7 Å². The van der Waals surface area contributed by atoms with Crippen molar-refractivity contribution in [3.8, 4) is 0 Å². The summed E-state index contributed by atoms with van der Waals surface area (Å²) >= 11 is 0.